The van der Waals surface area contributed by atoms with Crippen molar-refractivity contribution in [1.82, 2.24) is 5.32 Å². The molecule has 0 fully saturated rings. The van der Waals surface area contributed by atoms with Crippen LogP contribution in [0.3, 0.4) is 0 Å². The number of aliphatic hydroxyl groups excluding tert-OH is 1. The quantitative estimate of drug-likeness (QED) is 0.206. The summed E-state index contributed by atoms with van der Waals surface area (Å²) in [5.74, 6) is -0.886. The molecule has 1 amide bonds. The number of aliphatic hydroxyl groups is 1. The first-order valence-electron chi connectivity index (χ1n) is 13.0. The van der Waals surface area contributed by atoms with Crippen LogP contribution in [0, 0.1) is 0 Å². The maximum absolute atomic E-state index is 12.0. The summed E-state index contributed by atoms with van der Waals surface area (Å²) in [5.41, 5.74) is 1.33. The molecule has 0 heterocycles. The maximum Gasteiger partial charge on any atom is 0.408 e. The Kier molecular flexibility index (Phi) is 16.2. The monoisotopic (exact) mass is 545 g/mol. The number of ether oxygens (including phenoxy) is 4. The van der Waals surface area contributed by atoms with Crippen molar-refractivity contribution in [3.05, 3.63) is 71.8 Å². The first-order chi connectivity index (χ1) is 18.5. The van der Waals surface area contributed by atoms with Crippen LogP contribution in [0.25, 0.3) is 0 Å². The molecule has 0 radical (unpaired) electrons. The average molecular weight is 546 g/mol. The third kappa shape index (κ3) is 16.9. The molecule has 0 aliphatic carbocycles. The molecule has 2 aromatic rings. The van der Waals surface area contributed by atoms with Crippen LogP contribution in [0.5, 0.6) is 0 Å². The molecule has 2 rings (SSSR count). The largest absolute Gasteiger partial charge is 0.467 e. The van der Waals surface area contributed by atoms with Gasteiger partial charge in [-0.15, -0.1) is 0 Å². The minimum absolute atomic E-state index is 0.140. The standard InChI is InChI=1S/C23H35NO7.C7H8O/c1-17(25)29-16-19(30-15-18-11-7-6-8-12-18)13-9-10-14-20(21(26)28-5)24-22(27)31-23(2,3)4;8-6-7-4-2-1-3-5-7/h6-8,11-12,19-20H,9-10,13-16H2,1-5H3,(H,24,27);1-5,8H,6H2. The summed E-state index contributed by atoms with van der Waals surface area (Å²) in [6.07, 6.45) is 1.46. The second kappa shape index (κ2) is 18.8. The van der Waals surface area contributed by atoms with Crippen LogP contribution >= 0.6 is 0 Å². The highest BCUT2D eigenvalue weighted by Crippen LogP contribution is 2.14. The van der Waals surface area contributed by atoms with Crippen molar-refractivity contribution in [2.24, 2.45) is 0 Å². The number of unbranched alkanes of at least 4 members (excludes halogenated alkanes) is 1. The van der Waals surface area contributed by atoms with Gasteiger partial charge in [-0.2, -0.15) is 0 Å². The number of esters is 2. The molecule has 0 bridgehead atoms. The Hall–Kier alpha value is -3.43. The molecule has 0 aliphatic heterocycles. The minimum atomic E-state index is -0.794. The Labute approximate surface area is 231 Å². The molecule has 0 spiro atoms. The second-order valence-electron chi connectivity index (χ2n) is 9.87. The molecule has 39 heavy (non-hydrogen) atoms. The number of methoxy groups -OCH3 is 1. The van der Waals surface area contributed by atoms with Crippen molar-refractivity contribution in [2.45, 2.75) is 84.3 Å². The van der Waals surface area contributed by atoms with E-state index in [1.165, 1.54) is 14.0 Å². The third-order valence-electron chi connectivity index (χ3n) is 5.27. The van der Waals surface area contributed by atoms with Gasteiger partial charge in [0.1, 0.15) is 18.2 Å². The average Bonchev–Trinajstić information content (AvgIpc) is 2.91. The number of amides is 1. The van der Waals surface area contributed by atoms with Gasteiger partial charge >= 0.3 is 18.0 Å². The Balaban J connectivity index is 0.000000806. The molecule has 2 atom stereocenters. The molecule has 0 saturated carbocycles. The van der Waals surface area contributed by atoms with Gasteiger partial charge in [-0.1, -0.05) is 73.5 Å². The first-order valence-corrected chi connectivity index (χ1v) is 13.0. The number of carbonyl (C=O) groups excluding carboxylic acids is 3. The van der Waals surface area contributed by atoms with Crippen molar-refractivity contribution in [3.63, 3.8) is 0 Å². The fraction of sp³-hybridized carbons (Fsp3) is 0.500. The highest BCUT2D eigenvalue weighted by molar-refractivity contribution is 5.81. The lowest BCUT2D eigenvalue weighted by molar-refractivity contribution is -0.146. The van der Waals surface area contributed by atoms with E-state index in [4.69, 9.17) is 24.1 Å². The van der Waals surface area contributed by atoms with E-state index in [0.29, 0.717) is 32.3 Å². The van der Waals surface area contributed by atoms with Crippen LogP contribution in [0.4, 0.5) is 4.79 Å². The summed E-state index contributed by atoms with van der Waals surface area (Å²) in [6, 6.07) is 18.5. The Morgan fingerprint density at radius 2 is 1.46 bits per heavy atom. The smallest absolute Gasteiger partial charge is 0.408 e. The number of hydrogen-bond acceptors (Lipinski definition) is 8. The summed E-state index contributed by atoms with van der Waals surface area (Å²) in [7, 11) is 1.28. The van der Waals surface area contributed by atoms with Crippen molar-refractivity contribution < 1.29 is 38.4 Å². The number of nitrogens with one attached hydrogen (secondary N) is 1. The van der Waals surface area contributed by atoms with Crippen LogP contribution in [0.1, 0.15) is 64.5 Å². The second-order valence-corrected chi connectivity index (χ2v) is 9.87. The Morgan fingerprint density at radius 1 is 0.897 bits per heavy atom. The highest BCUT2D eigenvalue weighted by atomic mass is 16.6. The summed E-state index contributed by atoms with van der Waals surface area (Å²) < 4.78 is 21.0. The third-order valence-corrected chi connectivity index (χ3v) is 5.27. The zero-order chi connectivity index (χ0) is 29.1. The summed E-state index contributed by atoms with van der Waals surface area (Å²) in [4.78, 5) is 35.2. The van der Waals surface area contributed by atoms with Crippen molar-refractivity contribution in [3.8, 4) is 0 Å². The van der Waals surface area contributed by atoms with Gasteiger partial charge in [-0.05, 0) is 44.7 Å². The zero-order valence-corrected chi connectivity index (χ0v) is 23.7. The van der Waals surface area contributed by atoms with Crippen LogP contribution in [-0.2, 0) is 41.8 Å². The van der Waals surface area contributed by atoms with Crippen LogP contribution in [0.2, 0.25) is 0 Å². The van der Waals surface area contributed by atoms with Crippen molar-refractivity contribution in [1.29, 1.82) is 0 Å². The van der Waals surface area contributed by atoms with E-state index in [9.17, 15) is 14.4 Å². The van der Waals surface area contributed by atoms with Gasteiger partial charge in [0.15, 0.2) is 0 Å². The lowest BCUT2D eigenvalue weighted by Crippen LogP contribution is -2.44. The van der Waals surface area contributed by atoms with E-state index in [-0.39, 0.29) is 25.3 Å². The molecule has 9 nitrogen and oxygen atoms in total. The SMILES string of the molecule is COC(=O)C(CCCCC(COC(C)=O)OCc1ccccc1)NC(=O)OC(C)(C)C.OCc1ccccc1. The van der Waals surface area contributed by atoms with E-state index in [1.807, 2.05) is 60.7 Å². The molecular weight excluding hydrogens is 502 g/mol. The molecule has 216 valence electrons. The summed E-state index contributed by atoms with van der Waals surface area (Å²) >= 11 is 0. The topological polar surface area (TPSA) is 120 Å². The number of benzene rings is 2. The predicted octanol–water partition coefficient (Wildman–Crippen LogP) is 4.94. The number of alkyl carbamates (subject to hydrolysis) is 1. The van der Waals surface area contributed by atoms with Gasteiger partial charge in [0.05, 0.1) is 26.4 Å². The Bertz CT molecular complexity index is 960. The summed E-state index contributed by atoms with van der Waals surface area (Å²) in [5, 5.41) is 11.1. The fourth-order valence-corrected chi connectivity index (χ4v) is 3.36. The van der Waals surface area contributed by atoms with Gasteiger partial charge in [0.25, 0.3) is 0 Å². The molecule has 2 unspecified atom stereocenters. The van der Waals surface area contributed by atoms with E-state index >= 15 is 0 Å². The molecule has 0 aliphatic rings. The lowest BCUT2D eigenvalue weighted by atomic mass is 10.1. The lowest BCUT2D eigenvalue weighted by Gasteiger charge is -2.23. The van der Waals surface area contributed by atoms with Crippen molar-refractivity contribution >= 4 is 18.0 Å². The number of hydrogen-bond donors (Lipinski definition) is 2. The summed E-state index contributed by atoms with van der Waals surface area (Å²) in [6.45, 7) is 7.32. The van der Waals surface area contributed by atoms with Crippen molar-refractivity contribution in [2.75, 3.05) is 13.7 Å². The van der Waals surface area contributed by atoms with Gasteiger partial charge in [-0.25, -0.2) is 9.59 Å². The van der Waals surface area contributed by atoms with Gasteiger partial charge in [-0.3, -0.25) is 4.79 Å². The van der Waals surface area contributed by atoms with Crippen LogP contribution in [0.15, 0.2) is 60.7 Å². The molecule has 2 aromatic carbocycles. The predicted molar refractivity (Wildman–Crippen MR) is 148 cm³/mol. The van der Waals surface area contributed by atoms with E-state index in [1.54, 1.807) is 20.8 Å². The zero-order valence-electron chi connectivity index (χ0n) is 23.7. The molecule has 0 saturated heterocycles. The Morgan fingerprint density at radius 3 is 1.95 bits per heavy atom. The molecule has 9 heteroatoms. The van der Waals surface area contributed by atoms with Gasteiger partial charge in [0.2, 0.25) is 0 Å². The normalized spacial score (nSPS) is 12.3. The molecular formula is C30H43NO8. The number of rotatable bonds is 13. The fourth-order valence-electron chi connectivity index (χ4n) is 3.36. The first kappa shape index (κ1) is 33.6. The van der Waals surface area contributed by atoms with Crippen LogP contribution < -0.4 is 5.32 Å². The van der Waals surface area contributed by atoms with Gasteiger partial charge < -0.3 is 29.4 Å². The van der Waals surface area contributed by atoms with E-state index in [0.717, 1.165) is 11.1 Å². The van der Waals surface area contributed by atoms with Crippen LogP contribution in [-0.4, -0.2) is 54.6 Å². The van der Waals surface area contributed by atoms with E-state index < -0.39 is 23.7 Å². The van der Waals surface area contributed by atoms with E-state index in [2.05, 4.69) is 5.32 Å². The minimum Gasteiger partial charge on any atom is -0.467 e. The maximum atomic E-state index is 12.0. The van der Waals surface area contributed by atoms with Gasteiger partial charge in [0, 0.05) is 6.92 Å². The molecule has 0 aromatic heterocycles. The highest BCUT2D eigenvalue weighted by Gasteiger charge is 2.25. The molecule has 2 N–H and O–H groups in total. The number of carbonyl (C=O) groups is 3.